The predicted molar refractivity (Wildman–Crippen MR) is 64.0 cm³/mol. The SMILES string of the molecule is CCOc1ccc(C2(O)CCNC2)cc1Cl. The van der Waals surface area contributed by atoms with Gasteiger partial charge in [0.25, 0.3) is 0 Å². The summed E-state index contributed by atoms with van der Waals surface area (Å²) in [5.41, 5.74) is 0.0694. The van der Waals surface area contributed by atoms with E-state index in [9.17, 15) is 5.11 Å². The maximum atomic E-state index is 10.3. The Balaban J connectivity index is 2.26. The van der Waals surface area contributed by atoms with Crippen molar-refractivity contribution in [3.05, 3.63) is 28.8 Å². The minimum Gasteiger partial charge on any atom is -0.492 e. The molecule has 1 fully saturated rings. The number of rotatable bonds is 3. The number of nitrogens with one attached hydrogen (secondary N) is 1. The van der Waals surface area contributed by atoms with Gasteiger partial charge in [-0.05, 0) is 37.6 Å². The third-order valence-corrected chi connectivity index (χ3v) is 3.20. The van der Waals surface area contributed by atoms with Crippen molar-refractivity contribution in [3.8, 4) is 5.75 Å². The molecule has 0 spiro atoms. The fourth-order valence-corrected chi connectivity index (χ4v) is 2.22. The Kier molecular flexibility index (Phi) is 3.38. The van der Waals surface area contributed by atoms with Crippen LogP contribution in [-0.4, -0.2) is 24.8 Å². The Morgan fingerprint density at radius 1 is 1.56 bits per heavy atom. The summed E-state index contributed by atoms with van der Waals surface area (Å²) < 4.78 is 5.36. The van der Waals surface area contributed by atoms with Crippen LogP contribution in [0.1, 0.15) is 18.9 Å². The van der Waals surface area contributed by atoms with E-state index in [1.54, 1.807) is 6.07 Å². The van der Waals surface area contributed by atoms with E-state index >= 15 is 0 Å². The third-order valence-electron chi connectivity index (χ3n) is 2.90. The van der Waals surface area contributed by atoms with Gasteiger partial charge < -0.3 is 15.2 Å². The van der Waals surface area contributed by atoms with E-state index in [1.807, 2.05) is 19.1 Å². The molecule has 1 saturated heterocycles. The summed E-state index contributed by atoms with van der Waals surface area (Å²) >= 11 is 6.09. The molecule has 1 aliphatic rings. The van der Waals surface area contributed by atoms with Gasteiger partial charge >= 0.3 is 0 Å². The lowest BCUT2D eigenvalue weighted by Gasteiger charge is -2.22. The predicted octanol–water partition coefficient (Wildman–Crippen LogP) is 1.92. The van der Waals surface area contributed by atoms with Gasteiger partial charge in [0.05, 0.1) is 11.6 Å². The molecule has 1 unspecified atom stereocenters. The monoisotopic (exact) mass is 241 g/mol. The fourth-order valence-electron chi connectivity index (χ4n) is 1.99. The molecule has 0 radical (unpaired) electrons. The molecule has 0 aromatic heterocycles. The highest BCUT2D eigenvalue weighted by atomic mass is 35.5. The molecule has 0 saturated carbocycles. The number of benzene rings is 1. The van der Waals surface area contributed by atoms with E-state index in [1.165, 1.54) is 0 Å². The summed E-state index contributed by atoms with van der Waals surface area (Å²) in [5.74, 6) is 0.669. The molecular formula is C12H16ClNO2. The van der Waals surface area contributed by atoms with Crippen molar-refractivity contribution < 1.29 is 9.84 Å². The van der Waals surface area contributed by atoms with Crippen LogP contribution in [-0.2, 0) is 5.60 Å². The van der Waals surface area contributed by atoms with Crippen LogP contribution in [0.2, 0.25) is 5.02 Å². The van der Waals surface area contributed by atoms with E-state index in [0.717, 1.165) is 18.5 Å². The molecule has 0 amide bonds. The lowest BCUT2D eigenvalue weighted by Crippen LogP contribution is -2.28. The van der Waals surface area contributed by atoms with E-state index in [0.29, 0.717) is 23.9 Å². The maximum absolute atomic E-state index is 10.3. The fraction of sp³-hybridized carbons (Fsp3) is 0.500. The molecule has 1 heterocycles. The zero-order valence-corrected chi connectivity index (χ0v) is 10.0. The van der Waals surface area contributed by atoms with Gasteiger partial charge in [0.2, 0.25) is 0 Å². The zero-order valence-electron chi connectivity index (χ0n) is 9.29. The average Bonchev–Trinajstić information content (AvgIpc) is 2.70. The van der Waals surface area contributed by atoms with Crippen molar-refractivity contribution in [2.75, 3.05) is 19.7 Å². The van der Waals surface area contributed by atoms with Crippen molar-refractivity contribution in [2.45, 2.75) is 18.9 Å². The largest absolute Gasteiger partial charge is 0.492 e. The average molecular weight is 242 g/mol. The van der Waals surface area contributed by atoms with Crippen LogP contribution in [0.3, 0.4) is 0 Å². The van der Waals surface area contributed by atoms with Gasteiger partial charge in [0.15, 0.2) is 0 Å². The van der Waals surface area contributed by atoms with Crippen LogP contribution < -0.4 is 10.1 Å². The molecule has 4 heteroatoms. The quantitative estimate of drug-likeness (QED) is 0.850. The molecule has 1 aromatic carbocycles. The Labute approximate surface area is 100 Å². The second-order valence-electron chi connectivity index (χ2n) is 4.04. The van der Waals surface area contributed by atoms with Crippen LogP contribution in [0.15, 0.2) is 18.2 Å². The first-order valence-electron chi connectivity index (χ1n) is 5.51. The van der Waals surface area contributed by atoms with Crippen molar-refractivity contribution in [1.82, 2.24) is 5.32 Å². The van der Waals surface area contributed by atoms with Gasteiger partial charge in [-0.15, -0.1) is 0 Å². The van der Waals surface area contributed by atoms with Gasteiger partial charge in [-0.3, -0.25) is 0 Å². The summed E-state index contributed by atoms with van der Waals surface area (Å²) in [6, 6.07) is 5.49. The van der Waals surface area contributed by atoms with Crippen LogP contribution in [0, 0.1) is 0 Å². The Morgan fingerprint density at radius 3 is 2.94 bits per heavy atom. The van der Waals surface area contributed by atoms with Gasteiger partial charge in [0.1, 0.15) is 11.4 Å². The molecule has 1 atom stereocenters. The highest BCUT2D eigenvalue weighted by molar-refractivity contribution is 6.32. The van der Waals surface area contributed by atoms with Crippen LogP contribution in [0.4, 0.5) is 0 Å². The first-order chi connectivity index (χ1) is 7.65. The zero-order chi connectivity index (χ0) is 11.6. The molecular weight excluding hydrogens is 226 g/mol. The smallest absolute Gasteiger partial charge is 0.137 e. The van der Waals surface area contributed by atoms with Gasteiger partial charge in [0, 0.05) is 6.54 Å². The van der Waals surface area contributed by atoms with Gasteiger partial charge in [-0.1, -0.05) is 17.7 Å². The van der Waals surface area contributed by atoms with Crippen LogP contribution >= 0.6 is 11.6 Å². The molecule has 0 bridgehead atoms. The standard InChI is InChI=1S/C12H16ClNO2/c1-2-16-11-4-3-9(7-10(11)13)12(15)5-6-14-8-12/h3-4,7,14-15H,2,5-6,8H2,1H3. The van der Waals surface area contributed by atoms with Gasteiger partial charge in [-0.25, -0.2) is 0 Å². The minimum atomic E-state index is -0.783. The van der Waals surface area contributed by atoms with Crippen molar-refractivity contribution in [1.29, 1.82) is 0 Å². The first-order valence-corrected chi connectivity index (χ1v) is 5.89. The molecule has 2 N–H and O–H groups in total. The van der Waals surface area contributed by atoms with E-state index < -0.39 is 5.60 Å². The molecule has 3 nitrogen and oxygen atoms in total. The summed E-state index contributed by atoms with van der Waals surface area (Å²) in [5, 5.41) is 14.0. The van der Waals surface area contributed by atoms with E-state index in [2.05, 4.69) is 5.32 Å². The molecule has 1 aromatic rings. The third kappa shape index (κ3) is 2.17. The van der Waals surface area contributed by atoms with Crippen molar-refractivity contribution in [2.24, 2.45) is 0 Å². The van der Waals surface area contributed by atoms with Crippen molar-refractivity contribution >= 4 is 11.6 Å². The summed E-state index contributed by atoms with van der Waals surface area (Å²) in [6.45, 7) is 3.92. The molecule has 1 aliphatic heterocycles. The molecule has 88 valence electrons. The molecule has 0 aliphatic carbocycles. The maximum Gasteiger partial charge on any atom is 0.137 e. The molecule has 2 rings (SSSR count). The first kappa shape index (κ1) is 11.7. The second kappa shape index (κ2) is 4.62. The number of β-amino-alcohol motifs (C(OH)–C–C–N with tert-alkyl or cyclic N) is 1. The number of hydrogen-bond donors (Lipinski definition) is 2. The number of hydrogen-bond acceptors (Lipinski definition) is 3. The number of ether oxygens (including phenoxy) is 1. The normalized spacial score (nSPS) is 24.7. The lowest BCUT2D eigenvalue weighted by atomic mass is 9.93. The molecule has 16 heavy (non-hydrogen) atoms. The van der Waals surface area contributed by atoms with Crippen molar-refractivity contribution in [3.63, 3.8) is 0 Å². The highest BCUT2D eigenvalue weighted by Crippen LogP contribution is 2.33. The highest BCUT2D eigenvalue weighted by Gasteiger charge is 2.33. The second-order valence-corrected chi connectivity index (χ2v) is 4.44. The summed E-state index contributed by atoms with van der Waals surface area (Å²) in [7, 11) is 0. The number of aliphatic hydroxyl groups is 1. The summed E-state index contributed by atoms with van der Waals surface area (Å²) in [4.78, 5) is 0. The van der Waals surface area contributed by atoms with Crippen LogP contribution in [0.25, 0.3) is 0 Å². The minimum absolute atomic E-state index is 0.555. The lowest BCUT2D eigenvalue weighted by molar-refractivity contribution is 0.0587. The topological polar surface area (TPSA) is 41.5 Å². The van der Waals surface area contributed by atoms with Gasteiger partial charge in [-0.2, -0.15) is 0 Å². The number of halogens is 1. The Hall–Kier alpha value is -0.770. The van der Waals surface area contributed by atoms with E-state index in [-0.39, 0.29) is 0 Å². The van der Waals surface area contributed by atoms with Crippen LogP contribution in [0.5, 0.6) is 5.75 Å². The Morgan fingerprint density at radius 2 is 2.38 bits per heavy atom. The Bertz CT molecular complexity index is 375. The van der Waals surface area contributed by atoms with E-state index in [4.69, 9.17) is 16.3 Å². The summed E-state index contributed by atoms with van der Waals surface area (Å²) in [6.07, 6.45) is 0.720.